The molecule has 2 unspecified atom stereocenters. The average molecular weight is 481 g/mol. The van der Waals surface area contributed by atoms with Gasteiger partial charge in [0.25, 0.3) is 0 Å². The zero-order valence-electron chi connectivity index (χ0n) is 22.1. The first-order valence-corrected chi connectivity index (χ1v) is 13.0. The van der Waals surface area contributed by atoms with Gasteiger partial charge in [0.2, 0.25) is 0 Å². The number of allylic oxidation sites excluding steroid dienone is 2. The Bertz CT molecular complexity index is 1080. The third-order valence-electron chi connectivity index (χ3n) is 8.84. The predicted octanol–water partition coefficient (Wildman–Crippen LogP) is 4.14. The molecule has 3 aliphatic heterocycles. The fraction of sp³-hybridized carbons (Fsp3) is 0.607. The highest BCUT2D eigenvalue weighted by Gasteiger charge is 2.55. The fourth-order valence-corrected chi connectivity index (χ4v) is 6.83. The first-order chi connectivity index (χ1) is 16.8. The van der Waals surface area contributed by atoms with Crippen LogP contribution >= 0.6 is 0 Å². The van der Waals surface area contributed by atoms with Crippen LogP contribution in [0.25, 0.3) is 0 Å². The van der Waals surface area contributed by atoms with Crippen molar-refractivity contribution in [1.29, 1.82) is 0 Å². The number of ether oxygens (including phenoxy) is 2. The number of hydrogen-bond acceptors (Lipinski definition) is 4. The van der Waals surface area contributed by atoms with Gasteiger partial charge < -0.3 is 18.9 Å². The molecule has 0 bridgehead atoms. The Morgan fingerprint density at radius 1 is 1.14 bits per heavy atom. The smallest absolute Gasteiger partial charge is 0.325 e. The molecule has 0 N–H and O–H groups in total. The van der Waals surface area contributed by atoms with Crippen LogP contribution in [0.3, 0.4) is 0 Å². The van der Waals surface area contributed by atoms with Crippen molar-refractivity contribution in [2.24, 2.45) is 18.9 Å². The van der Waals surface area contributed by atoms with E-state index in [4.69, 9.17) is 9.47 Å². The summed E-state index contributed by atoms with van der Waals surface area (Å²) >= 11 is 0. The van der Waals surface area contributed by atoms with E-state index in [-0.39, 0.29) is 29.5 Å². The van der Waals surface area contributed by atoms with E-state index >= 15 is 0 Å². The number of amides is 2. The summed E-state index contributed by atoms with van der Waals surface area (Å²) in [5, 5.41) is 0. The van der Waals surface area contributed by atoms with Crippen molar-refractivity contribution in [3.05, 3.63) is 58.8 Å². The molecule has 190 valence electrons. The minimum absolute atomic E-state index is 0.0489. The van der Waals surface area contributed by atoms with Crippen LogP contribution in [0.5, 0.6) is 0 Å². The van der Waals surface area contributed by atoms with Crippen molar-refractivity contribution in [1.82, 2.24) is 19.3 Å². The Morgan fingerprint density at radius 2 is 1.89 bits per heavy atom. The van der Waals surface area contributed by atoms with Crippen LogP contribution in [0.4, 0.5) is 4.79 Å². The van der Waals surface area contributed by atoms with Crippen molar-refractivity contribution < 1.29 is 14.3 Å². The van der Waals surface area contributed by atoms with Gasteiger partial charge in [0, 0.05) is 81.9 Å². The van der Waals surface area contributed by atoms with Crippen molar-refractivity contribution in [2.45, 2.75) is 51.8 Å². The largest absolute Gasteiger partial charge is 0.497 e. The zero-order valence-corrected chi connectivity index (χ0v) is 22.1. The van der Waals surface area contributed by atoms with Gasteiger partial charge in [-0.2, -0.15) is 0 Å². The molecule has 1 aromatic rings. The molecule has 4 aliphatic rings. The minimum atomic E-state index is -0.236. The van der Waals surface area contributed by atoms with Crippen molar-refractivity contribution in [3.63, 3.8) is 0 Å². The molecule has 3 atom stereocenters. The molecule has 35 heavy (non-hydrogen) atoms. The molecule has 7 heteroatoms. The van der Waals surface area contributed by atoms with Crippen LogP contribution in [0.2, 0.25) is 0 Å². The molecule has 1 aromatic heterocycles. The minimum Gasteiger partial charge on any atom is -0.497 e. The summed E-state index contributed by atoms with van der Waals surface area (Å²) in [6.45, 7) is 10.8. The number of aryl methyl sites for hydroxylation is 1. The lowest BCUT2D eigenvalue weighted by Crippen LogP contribution is -2.53. The number of likely N-dealkylation sites (tertiary alicyclic amines) is 1. The standard InChI is InChI=1S/C28H40N4O3/c1-7-32-27(33)31-18-22-20(3)23(34-5)16-24(35-6)26(22)19(2)15-25(31)28(32)10-13-30(14-11-28)17-21-9-8-12-29(21)4/h8-9,12,15-16,19-20,23H,7,10-11,13-14,17-18H2,1-6H3/t19-,20?,23?/m0/s1. The van der Waals surface area contributed by atoms with Gasteiger partial charge in [-0.15, -0.1) is 0 Å². The number of carbonyl (C=O) groups is 1. The SMILES string of the molecule is CCN1C(=O)N2CC3=C(C(OC)=CC(OC)C3C)[C@@H](C)C=C2C12CCN(Cc1cccn1C)CC2. The quantitative estimate of drug-likeness (QED) is 0.636. The van der Waals surface area contributed by atoms with Crippen LogP contribution in [0.1, 0.15) is 39.3 Å². The summed E-state index contributed by atoms with van der Waals surface area (Å²) in [4.78, 5) is 20.6. The van der Waals surface area contributed by atoms with Gasteiger partial charge in [-0.25, -0.2) is 4.79 Å². The highest BCUT2D eigenvalue weighted by molar-refractivity contribution is 5.83. The van der Waals surface area contributed by atoms with E-state index in [9.17, 15) is 4.79 Å². The maximum absolute atomic E-state index is 13.9. The van der Waals surface area contributed by atoms with E-state index in [1.807, 2.05) is 0 Å². The van der Waals surface area contributed by atoms with Gasteiger partial charge in [0.1, 0.15) is 5.76 Å². The second kappa shape index (κ2) is 9.17. The summed E-state index contributed by atoms with van der Waals surface area (Å²) in [6.07, 6.45) is 8.44. The van der Waals surface area contributed by atoms with E-state index in [1.54, 1.807) is 14.2 Å². The number of nitrogens with zero attached hydrogens (tertiary/aromatic N) is 4. The summed E-state index contributed by atoms with van der Waals surface area (Å²) in [5.74, 6) is 1.25. The highest BCUT2D eigenvalue weighted by atomic mass is 16.5. The monoisotopic (exact) mass is 480 g/mol. The normalized spacial score (nSPS) is 28.6. The average Bonchev–Trinajstić information content (AvgIpc) is 3.28. The predicted molar refractivity (Wildman–Crippen MR) is 136 cm³/mol. The van der Waals surface area contributed by atoms with E-state index in [1.165, 1.54) is 22.5 Å². The first kappa shape index (κ1) is 24.2. The second-order valence-electron chi connectivity index (χ2n) is 10.5. The Labute approximate surface area is 209 Å². The topological polar surface area (TPSA) is 50.2 Å². The van der Waals surface area contributed by atoms with E-state index in [0.717, 1.165) is 44.8 Å². The Balaban J connectivity index is 1.46. The lowest BCUT2D eigenvalue weighted by molar-refractivity contribution is 0.0876. The third-order valence-corrected chi connectivity index (χ3v) is 8.84. The lowest BCUT2D eigenvalue weighted by atomic mass is 9.79. The van der Waals surface area contributed by atoms with Gasteiger partial charge in [0.15, 0.2) is 0 Å². The number of carbonyl (C=O) groups excluding carboxylic acids is 1. The van der Waals surface area contributed by atoms with Crippen molar-refractivity contribution in [3.8, 4) is 0 Å². The Morgan fingerprint density at radius 3 is 2.49 bits per heavy atom. The highest BCUT2D eigenvalue weighted by Crippen LogP contribution is 2.48. The molecule has 2 amide bonds. The molecule has 0 saturated carbocycles. The molecular formula is C28H40N4O3. The lowest BCUT2D eigenvalue weighted by Gasteiger charge is -2.44. The summed E-state index contributed by atoms with van der Waals surface area (Å²) in [7, 11) is 5.59. The molecule has 2 saturated heterocycles. The number of piperidine rings is 1. The Hall–Kier alpha value is -2.51. The Kier molecular flexibility index (Phi) is 6.34. The van der Waals surface area contributed by atoms with Crippen LogP contribution in [-0.4, -0.2) is 77.3 Å². The molecule has 1 spiro atoms. The molecule has 1 aliphatic carbocycles. The summed E-state index contributed by atoms with van der Waals surface area (Å²) in [6, 6.07) is 4.45. The molecule has 7 nitrogen and oxygen atoms in total. The molecule has 2 fully saturated rings. The number of methoxy groups -OCH3 is 2. The number of rotatable bonds is 5. The van der Waals surface area contributed by atoms with E-state index in [0.29, 0.717) is 6.54 Å². The van der Waals surface area contributed by atoms with Crippen LogP contribution < -0.4 is 0 Å². The van der Waals surface area contributed by atoms with Gasteiger partial charge in [-0.1, -0.05) is 19.9 Å². The zero-order chi connectivity index (χ0) is 24.9. The fourth-order valence-electron chi connectivity index (χ4n) is 6.83. The number of fused-ring (bicyclic) bond motifs is 2. The summed E-state index contributed by atoms with van der Waals surface area (Å²) in [5.41, 5.74) is 4.78. The van der Waals surface area contributed by atoms with Gasteiger partial charge in [-0.3, -0.25) is 9.80 Å². The second-order valence-corrected chi connectivity index (χ2v) is 10.5. The van der Waals surface area contributed by atoms with Gasteiger partial charge in [-0.05, 0) is 43.5 Å². The first-order valence-electron chi connectivity index (χ1n) is 13.0. The molecule has 4 heterocycles. The maximum Gasteiger partial charge on any atom is 0.325 e. The summed E-state index contributed by atoms with van der Waals surface area (Å²) < 4.78 is 13.8. The number of urea groups is 1. The van der Waals surface area contributed by atoms with Crippen LogP contribution in [-0.2, 0) is 23.1 Å². The van der Waals surface area contributed by atoms with E-state index < -0.39 is 0 Å². The van der Waals surface area contributed by atoms with Gasteiger partial charge >= 0.3 is 6.03 Å². The maximum atomic E-state index is 13.9. The van der Waals surface area contributed by atoms with Crippen molar-refractivity contribution in [2.75, 3.05) is 40.4 Å². The van der Waals surface area contributed by atoms with Crippen LogP contribution in [0.15, 0.2) is 53.1 Å². The molecule has 0 radical (unpaired) electrons. The number of hydrogen-bond donors (Lipinski definition) is 0. The number of likely N-dealkylation sites (N-methyl/N-ethyl adjacent to an activating group) is 1. The van der Waals surface area contributed by atoms with Gasteiger partial charge in [0.05, 0.1) is 18.8 Å². The molecule has 0 aromatic carbocycles. The van der Waals surface area contributed by atoms with Crippen LogP contribution in [0, 0.1) is 11.8 Å². The molecule has 5 rings (SSSR count). The van der Waals surface area contributed by atoms with Crippen molar-refractivity contribution >= 4 is 6.03 Å². The van der Waals surface area contributed by atoms with E-state index in [2.05, 4.69) is 77.6 Å². The number of aromatic nitrogens is 1. The third kappa shape index (κ3) is 3.75. The molecular weight excluding hydrogens is 440 g/mol.